The van der Waals surface area contributed by atoms with Crippen LogP contribution in [0.5, 0.6) is 0 Å². The molecule has 0 bridgehead atoms. The van der Waals surface area contributed by atoms with Gasteiger partial charge in [0, 0.05) is 25.0 Å². The van der Waals surface area contributed by atoms with Gasteiger partial charge in [-0.2, -0.15) is 0 Å². The topological polar surface area (TPSA) is 61.4 Å². The predicted molar refractivity (Wildman–Crippen MR) is 61.7 cm³/mol. The van der Waals surface area contributed by atoms with Crippen molar-refractivity contribution in [1.29, 1.82) is 0 Å². The van der Waals surface area contributed by atoms with Crippen molar-refractivity contribution in [3.8, 4) is 0 Å². The van der Waals surface area contributed by atoms with Crippen molar-refractivity contribution in [3.63, 3.8) is 0 Å². The highest BCUT2D eigenvalue weighted by molar-refractivity contribution is 5.76. The number of carbonyl (C=O) groups is 1. The molecule has 0 aliphatic rings. The maximum absolute atomic E-state index is 11.4. The van der Waals surface area contributed by atoms with Gasteiger partial charge in [0.25, 0.3) is 0 Å². The van der Waals surface area contributed by atoms with Crippen molar-refractivity contribution < 1.29 is 9.90 Å². The Hall–Kier alpha value is -0.610. The number of rotatable bonds is 6. The Balaban J connectivity index is 3.48. The normalized spacial score (nSPS) is 13.7. The fourth-order valence-corrected chi connectivity index (χ4v) is 1.10. The van der Waals surface area contributed by atoms with Gasteiger partial charge in [-0.3, -0.25) is 4.79 Å². The smallest absolute Gasteiger partial charge is 0.221 e. The summed E-state index contributed by atoms with van der Waals surface area (Å²) in [7, 11) is 0. The number of hydrogen-bond acceptors (Lipinski definition) is 3. The molecule has 0 fully saturated rings. The Labute approximate surface area is 92.4 Å². The van der Waals surface area contributed by atoms with E-state index in [-0.39, 0.29) is 17.6 Å². The molecule has 90 valence electrons. The summed E-state index contributed by atoms with van der Waals surface area (Å²) in [6, 6.07) is 0. The van der Waals surface area contributed by atoms with Crippen LogP contribution < -0.4 is 10.6 Å². The number of aliphatic hydroxyl groups is 1. The predicted octanol–water partition coefficient (Wildman–Crippen LogP) is 0.652. The standard InChI is InChI=1S/C11H24N2O2/c1-5-9(14)8-12-7-6-10(15)13-11(2,3)4/h9,12,14H,5-8H2,1-4H3,(H,13,15). The van der Waals surface area contributed by atoms with Crippen LogP contribution in [0.1, 0.15) is 40.5 Å². The molecule has 0 aromatic heterocycles. The fraction of sp³-hybridized carbons (Fsp3) is 0.909. The third kappa shape index (κ3) is 9.69. The lowest BCUT2D eigenvalue weighted by Crippen LogP contribution is -2.41. The minimum atomic E-state index is -0.310. The zero-order valence-corrected chi connectivity index (χ0v) is 10.3. The van der Waals surface area contributed by atoms with E-state index in [9.17, 15) is 9.90 Å². The molecule has 0 saturated carbocycles. The van der Waals surface area contributed by atoms with Crippen LogP contribution in [0.3, 0.4) is 0 Å². The second-order valence-electron chi connectivity index (χ2n) is 4.81. The minimum absolute atomic E-state index is 0.0426. The lowest BCUT2D eigenvalue weighted by molar-refractivity contribution is -0.122. The van der Waals surface area contributed by atoms with E-state index in [4.69, 9.17) is 0 Å². The number of aliphatic hydroxyl groups excluding tert-OH is 1. The zero-order chi connectivity index (χ0) is 11.9. The van der Waals surface area contributed by atoms with E-state index in [2.05, 4.69) is 10.6 Å². The average Bonchev–Trinajstić information content (AvgIpc) is 2.09. The Morgan fingerprint density at radius 2 is 2.00 bits per heavy atom. The van der Waals surface area contributed by atoms with Crippen molar-refractivity contribution in [1.82, 2.24) is 10.6 Å². The van der Waals surface area contributed by atoms with Crippen molar-refractivity contribution >= 4 is 5.91 Å². The number of nitrogens with one attached hydrogen (secondary N) is 2. The second-order valence-corrected chi connectivity index (χ2v) is 4.81. The lowest BCUT2D eigenvalue weighted by Gasteiger charge is -2.20. The van der Waals surface area contributed by atoms with E-state index in [0.717, 1.165) is 6.42 Å². The van der Waals surface area contributed by atoms with Gasteiger partial charge in [-0.1, -0.05) is 6.92 Å². The third-order valence-corrected chi connectivity index (χ3v) is 1.89. The van der Waals surface area contributed by atoms with Crippen LogP contribution in [0.2, 0.25) is 0 Å². The highest BCUT2D eigenvalue weighted by Crippen LogP contribution is 1.98. The Morgan fingerprint density at radius 1 is 1.40 bits per heavy atom. The van der Waals surface area contributed by atoms with Crippen molar-refractivity contribution in [2.45, 2.75) is 52.2 Å². The van der Waals surface area contributed by atoms with Crippen molar-refractivity contribution in [2.75, 3.05) is 13.1 Å². The molecule has 0 aliphatic heterocycles. The van der Waals surface area contributed by atoms with Crippen LogP contribution in [0.15, 0.2) is 0 Å². The summed E-state index contributed by atoms with van der Waals surface area (Å²) in [6.45, 7) is 8.97. The number of amides is 1. The molecular weight excluding hydrogens is 192 g/mol. The van der Waals surface area contributed by atoms with Crippen molar-refractivity contribution in [2.24, 2.45) is 0 Å². The Bertz CT molecular complexity index is 188. The first kappa shape index (κ1) is 14.4. The molecule has 15 heavy (non-hydrogen) atoms. The molecular formula is C11H24N2O2. The SMILES string of the molecule is CCC(O)CNCCC(=O)NC(C)(C)C. The lowest BCUT2D eigenvalue weighted by atomic mass is 10.1. The quantitative estimate of drug-likeness (QED) is 0.571. The Morgan fingerprint density at radius 3 is 2.47 bits per heavy atom. The van der Waals surface area contributed by atoms with Gasteiger partial charge in [-0.15, -0.1) is 0 Å². The van der Waals surface area contributed by atoms with Gasteiger partial charge in [-0.05, 0) is 27.2 Å². The van der Waals surface area contributed by atoms with Gasteiger partial charge in [0.15, 0.2) is 0 Å². The van der Waals surface area contributed by atoms with Gasteiger partial charge in [0.1, 0.15) is 0 Å². The summed E-state index contributed by atoms with van der Waals surface area (Å²) in [5, 5.41) is 15.2. The summed E-state index contributed by atoms with van der Waals surface area (Å²) < 4.78 is 0. The average molecular weight is 216 g/mol. The maximum atomic E-state index is 11.4. The molecule has 0 heterocycles. The molecule has 1 amide bonds. The highest BCUT2D eigenvalue weighted by Gasteiger charge is 2.12. The summed E-state index contributed by atoms with van der Waals surface area (Å²) in [6.07, 6.45) is 0.880. The molecule has 0 radical (unpaired) electrons. The zero-order valence-electron chi connectivity index (χ0n) is 10.3. The summed E-state index contributed by atoms with van der Waals surface area (Å²) in [5.41, 5.74) is -0.167. The van der Waals surface area contributed by atoms with Crippen LogP contribution in [-0.4, -0.2) is 35.7 Å². The van der Waals surface area contributed by atoms with E-state index in [1.54, 1.807) is 0 Å². The molecule has 4 nitrogen and oxygen atoms in total. The molecule has 0 aromatic rings. The monoisotopic (exact) mass is 216 g/mol. The van der Waals surface area contributed by atoms with Crippen LogP contribution in [0.4, 0.5) is 0 Å². The van der Waals surface area contributed by atoms with Gasteiger partial charge in [-0.25, -0.2) is 0 Å². The van der Waals surface area contributed by atoms with Gasteiger partial charge in [0.2, 0.25) is 5.91 Å². The first-order valence-corrected chi connectivity index (χ1v) is 5.55. The Kier molecular flexibility index (Phi) is 6.52. The van der Waals surface area contributed by atoms with Gasteiger partial charge < -0.3 is 15.7 Å². The minimum Gasteiger partial charge on any atom is -0.392 e. The molecule has 3 N–H and O–H groups in total. The molecule has 0 spiro atoms. The first-order valence-electron chi connectivity index (χ1n) is 5.55. The number of carbonyl (C=O) groups excluding carboxylic acids is 1. The molecule has 0 saturated heterocycles. The molecule has 4 heteroatoms. The van der Waals surface area contributed by atoms with Crippen molar-refractivity contribution in [3.05, 3.63) is 0 Å². The van der Waals surface area contributed by atoms with Crippen LogP contribution >= 0.6 is 0 Å². The molecule has 0 aliphatic carbocycles. The summed E-state index contributed by atoms with van der Waals surface area (Å²) >= 11 is 0. The molecule has 0 rings (SSSR count). The number of hydrogen-bond donors (Lipinski definition) is 3. The van der Waals surface area contributed by atoms with Crippen LogP contribution in [0.25, 0.3) is 0 Å². The second kappa shape index (κ2) is 6.80. The summed E-state index contributed by atoms with van der Waals surface area (Å²) in [4.78, 5) is 11.4. The third-order valence-electron chi connectivity index (χ3n) is 1.89. The van der Waals surface area contributed by atoms with Gasteiger partial charge in [0.05, 0.1) is 6.10 Å². The van der Waals surface area contributed by atoms with E-state index < -0.39 is 0 Å². The van der Waals surface area contributed by atoms with E-state index >= 15 is 0 Å². The van der Waals surface area contributed by atoms with E-state index in [0.29, 0.717) is 19.5 Å². The van der Waals surface area contributed by atoms with Crippen LogP contribution in [-0.2, 0) is 4.79 Å². The molecule has 1 atom stereocenters. The largest absolute Gasteiger partial charge is 0.392 e. The molecule has 1 unspecified atom stereocenters. The van der Waals surface area contributed by atoms with Gasteiger partial charge >= 0.3 is 0 Å². The highest BCUT2D eigenvalue weighted by atomic mass is 16.3. The van der Waals surface area contributed by atoms with Crippen LogP contribution in [0, 0.1) is 0 Å². The van der Waals surface area contributed by atoms with E-state index in [1.807, 2.05) is 27.7 Å². The fourth-order valence-electron chi connectivity index (χ4n) is 1.10. The molecule has 0 aromatic carbocycles. The maximum Gasteiger partial charge on any atom is 0.221 e. The van der Waals surface area contributed by atoms with E-state index in [1.165, 1.54) is 0 Å². The summed E-state index contributed by atoms with van der Waals surface area (Å²) in [5.74, 6) is 0.0426. The first-order chi connectivity index (χ1) is 6.85.